The zero-order chi connectivity index (χ0) is 16.4. The summed E-state index contributed by atoms with van der Waals surface area (Å²) in [5, 5.41) is 15.5. The third-order valence-electron chi connectivity index (χ3n) is 3.48. The summed E-state index contributed by atoms with van der Waals surface area (Å²) in [7, 11) is 0. The Morgan fingerprint density at radius 2 is 2.12 bits per heavy atom. The second kappa shape index (κ2) is 6.17. The second-order valence-corrected chi connectivity index (χ2v) is 5.52. The molecular weight excluding hydrogens is 326 g/mol. The van der Waals surface area contributed by atoms with E-state index in [4.69, 9.17) is 21.7 Å². The standard InChI is InChI=1S/C16H13N5O2S/c24-16(19-12-3-2-11-8-18-20-13(11)6-12)21-17-7-10-1-4-14-15(5-10)23-9-22-14/h1-8H,9H2,(H,18,20)(H2,19,21,24)/b17-7-. The van der Waals surface area contributed by atoms with Gasteiger partial charge in [-0.25, -0.2) is 0 Å². The number of anilines is 1. The summed E-state index contributed by atoms with van der Waals surface area (Å²) in [6.07, 6.45) is 3.43. The van der Waals surface area contributed by atoms with Gasteiger partial charge in [-0.2, -0.15) is 10.2 Å². The molecule has 1 aromatic heterocycles. The molecule has 0 aliphatic carbocycles. The molecule has 1 aliphatic heterocycles. The van der Waals surface area contributed by atoms with Crippen LogP contribution < -0.4 is 20.2 Å². The average Bonchev–Trinajstić information content (AvgIpc) is 3.22. The number of nitrogens with zero attached hydrogens (tertiary/aromatic N) is 2. The van der Waals surface area contributed by atoms with Gasteiger partial charge in [-0.3, -0.25) is 10.5 Å². The van der Waals surface area contributed by atoms with Crippen LogP contribution in [0.3, 0.4) is 0 Å². The summed E-state index contributed by atoms with van der Waals surface area (Å²) in [4.78, 5) is 0. The smallest absolute Gasteiger partial charge is 0.231 e. The van der Waals surface area contributed by atoms with Gasteiger partial charge in [0.15, 0.2) is 16.6 Å². The molecule has 24 heavy (non-hydrogen) atoms. The van der Waals surface area contributed by atoms with Crippen molar-refractivity contribution in [3.63, 3.8) is 0 Å². The third kappa shape index (κ3) is 2.99. The number of H-pyrrole nitrogens is 1. The highest BCUT2D eigenvalue weighted by molar-refractivity contribution is 7.80. The lowest BCUT2D eigenvalue weighted by atomic mass is 10.2. The number of ether oxygens (including phenoxy) is 2. The fraction of sp³-hybridized carbons (Fsp3) is 0.0625. The lowest BCUT2D eigenvalue weighted by Gasteiger charge is -2.06. The van der Waals surface area contributed by atoms with Crippen molar-refractivity contribution in [1.29, 1.82) is 0 Å². The maximum atomic E-state index is 5.32. The number of fused-ring (bicyclic) bond motifs is 2. The zero-order valence-corrected chi connectivity index (χ0v) is 13.3. The van der Waals surface area contributed by atoms with E-state index >= 15 is 0 Å². The van der Waals surface area contributed by atoms with Gasteiger partial charge < -0.3 is 14.8 Å². The van der Waals surface area contributed by atoms with Crippen molar-refractivity contribution >= 4 is 40.1 Å². The van der Waals surface area contributed by atoms with Gasteiger partial charge in [-0.1, -0.05) is 0 Å². The Balaban J connectivity index is 1.37. The Kier molecular flexibility index (Phi) is 3.72. The number of aromatic nitrogens is 2. The Hall–Kier alpha value is -3.13. The molecule has 0 spiro atoms. The fourth-order valence-corrected chi connectivity index (χ4v) is 2.50. The number of benzene rings is 2. The monoisotopic (exact) mass is 339 g/mol. The first-order valence-corrected chi connectivity index (χ1v) is 7.62. The normalized spacial score (nSPS) is 12.7. The van der Waals surface area contributed by atoms with Gasteiger partial charge in [0.05, 0.1) is 17.9 Å². The van der Waals surface area contributed by atoms with Crippen LogP contribution in [0.15, 0.2) is 47.7 Å². The van der Waals surface area contributed by atoms with Gasteiger partial charge >= 0.3 is 0 Å². The Labute approximate surface area is 142 Å². The SMILES string of the molecule is S=C(N/N=C\c1ccc2c(c1)OCO2)Nc1ccc2cn[nH]c2c1. The van der Waals surface area contributed by atoms with E-state index < -0.39 is 0 Å². The van der Waals surface area contributed by atoms with Gasteiger partial charge in [0.1, 0.15) is 0 Å². The molecule has 0 saturated carbocycles. The van der Waals surface area contributed by atoms with Gasteiger partial charge in [0.25, 0.3) is 0 Å². The quantitative estimate of drug-likeness (QED) is 0.386. The minimum atomic E-state index is 0.253. The summed E-state index contributed by atoms with van der Waals surface area (Å²) in [5.41, 5.74) is 5.45. The largest absolute Gasteiger partial charge is 0.454 e. The molecule has 2 heterocycles. The van der Waals surface area contributed by atoms with Crippen molar-refractivity contribution in [2.75, 3.05) is 12.1 Å². The summed E-state index contributed by atoms with van der Waals surface area (Å²) in [5.74, 6) is 1.46. The number of thiocarbonyl (C=S) groups is 1. The van der Waals surface area contributed by atoms with Crippen LogP contribution in [0.25, 0.3) is 10.9 Å². The highest BCUT2D eigenvalue weighted by Gasteiger charge is 2.12. The number of nitrogens with one attached hydrogen (secondary N) is 3. The van der Waals surface area contributed by atoms with Crippen molar-refractivity contribution < 1.29 is 9.47 Å². The number of aromatic amines is 1. The maximum Gasteiger partial charge on any atom is 0.231 e. The van der Waals surface area contributed by atoms with Gasteiger partial charge in [0, 0.05) is 11.1 Å². The van der Waals surface area contributed by atoms with Crippen LogP contribution >= 0.6 is 12.2 Å². The molecule has 0 radical (unpaired) electrons. The van der Waals surface area contributed by atoms with E-state index in [9.17, 15) is 0 Å². The summed E-state index contributed by atoms with van der Waals surface area (Å²) < 4.78 is 10.6. The molecule has 3 aromatic rings. The van der Waals surface area contributed by atoms with Crippen molar-refractivity contribution in [3.8, 4) is 11.5 Å². The molecule has 1 aliphatic rings. The minimum absolute atomic E-state index is 0.253. The maximum absolute atomic E-state index is 5.32. The molecule has 4 rings (SSSR count). The first-order chi connectivity index (χ1) is 11.8. The highest BCUT2D eigenvalue weighted by Crippen LogP contribution is 2.31. The number of hydrogen-bond donors (Lipinski definition) is 3. The van der Waals surface area contributed by atoms with Gasteiger partial charge in [-0.15, -0.1) is 0 Å². The van der Waals surface area contributed by atoms with Crippen LogP contribution in [0, 0.1) is 0 Å². The van der Waals surface area contributed by atoms with Crippen LogP contribution in [-0.2, 0) is 0 Å². The first kappa shape index (κ1) is 14.5. The molecule has 120 valence electrons. The van der Waals surface area contributed by atoms with E-state index in [0.717, 1.165) is 27.9 Å². The average molecular weight is 339 g/mol. The molecule has 0 amide bonds. The molecule has 7 nitrogen and oxygen atoms in total. The Bertz CT molecular complexity index is 937. The molecule has 0 bridgehead atoms. The van der Waals surface area contributed by atoms with Crippen LogP contribution in [-0.4, -0.2) is 28.3 Å². The van der Waals surface area contributed by atoms with E-state index in [2.05, 4.69) is 26.0 Å². The predicted octanol–water partition coefficient (Wildman–Crippen LogP) is 2.61. The van der Waals surface area contributed by atoms with Crippen LogP contribution in [0.1, 0.15) is 5.56 Å². The molecule has 0 saturated heterocycles. The molecule has 0 fully saturated rings. The lowest BCUT2D eigenvalue weighted by molar-refractivity contribution is 0.174. The van der Waals surface area contributed by atoms with E-state index in [-0.39, 0.29) is 6.79 Å². The van der Waals surface area contributed by atoms with E-state index in [1.807, 2.05) is 36.4 Å². The third-order valence-corrected chi connectivity index (χ3v) is 3.67. The number of hydrazone groups is 1. The molecule has 8 heteroatoms. The topological polar surface area (TPSA) is 83.6 Å². The van der Waals surface area contributed by atoms with Crippen molar-refractivity contribution in [3.05, 3.63) is 48.2 Å². The van der Waals surface area contributed by atoms with Crippen LogP contribution in [0.4, 0.5) is 5.69 Å². The van der Waals surface area contributed by atoms with Crippen molar-refractivity contribution in [1.82, 2.24) is 15.6 Å². The second-order valence-electron chi connectivity index (χ2n) is 5.11. The van der Waals surface area contributed by atoms with Gasteiger partial charge in [0.2, 0.25) is 6.79 Å². The van der Waals surface area contributed by atoms with Crippen molar-refractivity contribution in [2.45, 2.75) is 0 Å². The summed E-state index contributed by atoms with van der Waals surface area (Å²) in [6.45, 7) is 0.253. The number of hydrogen-bond acceptors (Lipinski definition) is 5. The zero-order valence-electron chi connectivity index (χ0n) is 12.4. The predicted molar refractivity (Wildman–Crippen MR) is 95.6 cm³/mol. The fourth-order valence-electron chi connectivity index (χ4n) is 2.33. The Morgan fingerprint density at radius 3 is 3.08 bits per heavy atom. The van der Waals surface area contributed by atoms with Crippen LogP contribution in [0.2, 0.25) is 0 Å². The molecule has 3 N–H and O–H groups in total. The van der Waals surface area contributed by atoms with Crippen LogP contribution in [0.5, 0.6) is 11.5 Å². The molecule has 0 unspecified atom stereocenters. The Morgan fingerprint density at radius 1 is 1.21 bits per heavy atom. The highest BCUT2D eigenvalue weighted by atomic mass is 32.1. The van der Waals surface area contributed by atoms with Crippen molar-refractivity contribution in [2.24, 2.45) is 5.10 Å². The molecule has 2 aromatic carbocycles. The van der Waals surface area contributed by atoms with E-state index in [0.29, 0.717) is 10.9 Å². The summed E-state index contributed by atoms with van der Waals surface area (Å²) in [6, 6.07) is 11.4. The van der Waals surface area contributed by atoms with E-state index in [1.54, 1.807) is 12.4 Å². The first-order valence-electron chi connectivity index (χ1n) is 7.21. The number of rotatable bonds is 3. The molecule has 0 atom stereocenters. The van der Waals surface area contributed by atoms with E-state index in [1.165, 1.54) is 0 Å². The summed E-state index contributed by atoms with van der Waals surface area (Å²) >= 11 is 5.23. The molecular formula is C16H13N5O2S. The van der Waals surface area contributed by atoms with Gasteiger partial charge in [-0.05, 0) is 54.2 Å². The lowest BCUT2D eigenvalue weighted by Crippen LogP contribution is -2.23. The minimum Gasteiger partial charge on any atom is -0.454 e.